The standard InChI is InChI=1S/C20H17N5O2/c1-27-16-8-6-14(7-9-16)13-22-19-11-10-18(24-25-19)20(26)23-17-5-3-2-4-15(17)12-21/h2-11H,13H2,1H3,(H,22,25)(H,23,26). The molecule has 1 amide bonds. The molecular weight excluding hydrogens is 342 g/mol. The van der Waals surface area contributed by atoms with Gasteiger partial charge in [0.25, 0.3) is 5.91 Å². The highest BCUT2D eigenvalue weighted by Gasteiger charge is 2.11. The second kappa shape index (κ2) is 8.45. The van der Waals surface area contributed by atoms with Crippen molar-refractivity contribution >= 4 is 17.4 Å². The van der Waals surface area contributed by atoms with E-state index in [0.29, 0.717) is 23.6 Å². The number of rotatable bonds is 6. The molecule has 1 aromatic heterocycles. The molecule has 7 heteroatoms. The van der Waals surface area contributed by atoms with Crippen LogP contribution in [0, 0.1) is 11.3 Å². The fraction of sp³-hybridized carbons (Fsp3) is 0.100. The number of benzene rings is 2. The van der Waals surface area contributed by atoms with Crippen LogP contribution in [0.2, 0.25) is 0 Å². The fourth-order valence-corrected chi connectivity index (χ4v) is 2.36. The zero-order valence-electron chi connectivity index (χ0n) is 14.6. The van der Waals surface area contributed by atoms with Crippen LogP contribution in [-0.4, -0.2) is 23.2 Å². The summed E-state index contributed by atoms with van der Waals surface area (Å²) in [7, 11) is 1.62. The summed E-state index contributed by atoms with van der Waals surface area (Å²) in [6.07, 6.45) is 0. The average molecular weight is 359 g/mol. The lowest BCUT2D eigenvalue weighted by atomic mass is 10.2. The van der Waals surface area contributed by atoms with Crippen LogP contribution >= 0.6 is 0 Å². The van der Waals surface area contributed by atoms with Gasteiger partial charge in [0.2, 0.25) is 0 Å². The van der Waals surface area contributed by atoms with Gasteiger partial charge in [0.15, 0.2) is 5.69 Å². The first-order valence-electron chi connectivity index (χ1n) is 8.20. The summed E-state index contributed by atoms with van der Waals surface area (Å²) in [5, 5.41) is 22.9. The molecule has 134 valence electrons. The number of methoxy groups -OCH3 is 1. The summed E-state index contributed by atoms with van der Waals surface area (Å²) in [6.45, 7) is 0.569. The monoisotopic (exact) mass is 359 g/mol. The molecule has 0 fully saturated rings. The first kappa shape index (κ1) is 17.9. The normalized spacial score (nSPS) is 9.93. The number of anilines is 2. The van der Waals surface area contributed by atoms with E-state index in [1.54, 1.807) is 43.5 Å². The molecule has 3 rings (SSSR count). The smallest absolute Gasteiger partial charge is 0.276 e. The number of para-hydroxylation sites is 1. The zero-order chi connectivity index (χ0) is 19.1. The minimum atomic E-state index is -0.424. The second-order valence-corrected chi connectivity index (χ2v) is 5.62. The van der Waals surface area contributed by atoms with Crippen LogP contribution in [-0.2, 0) is 6.54 Å². The van der Waals surface area contributed by atoms with Crippen molar-refractivity contribution in [1.82, 2.24) is 10.2 Å². The Morgan fingerprint density at radius 2 is 1.85 bits per heavy atom. The van der Waals surface area contributed by atoms with E-state index in [1.165, 1.54) is 0 Å². The van der Waals surface area contributed by atoms with Crippen molar-refractivity contribution in [3.8, 4) is 11.8 Å². The van der Waals surface area contributed by atoms with Gasteiger partial charge in [-0.3, -0.25) is 4.79 Å². The minimum Gasteiger partial charge on any atom is -0.497 e. The van der Waals surface area contributed by atoms with Crippen LogP contribution in [0.1, 0.15) is 21.6 Å². The Kier molecular flexibility index (Phi) is 5.60. The van der Waals surface area contributed by atoms with Gasteiger partial charge >= 0.3 is 0 Å². The molecule has 0 aliphatic heterocycles. The van der Waals surface area contributed by atoms with Crippen molar-refractivity contribution in [3.05, 3.63) is 77.5 Å². The Hall–Kier alpha value is -3.92. The quantitative estimate of drug-likeness (QED) is 0.701. The number of hydrogen-bond acceptors (Lipinski definition) is 6. The molecule has 0 bridgehead atoms. The van der Waals surface area contributed by atoms with Crippen LogP contribution in [0.25, 0.3) is 0 Å². The number of nitriles is 1. The van der Waals surface area contributed by atoms with Crippen molar-refractivity contribution in [2.75, 3.05) is 17.7 Å². The molecule has 0 spiro atoms. The van der Waals surface area contributed by atoms with Gasteiger partial charge in [-0.15, -0.1) is 10.2 Å². The van der Waals surface area contributed by atoms with E-state index in [-0.39, 0.29) is 5.69 Å². The molecule has 0 atom stereocenters. The number of aromatic nitrogens is 2. The number of nitrogens with one attached hydrogen (secondary N) is 2. The molecule has 2 aromatic carbocycles. The maximum absolute atomic E-state index is 12.3. The molecule has 7 nitrogen and oxygen atoms in total. The van der Waals surface area contributed by atoms with Crippen molar-refractivity contribution in [2.45, 2.75) is 6.54 Å². The third-order valence-electron chi connectivity index (χ3n) is 3.83. The predicted octanol–water partition coefficient (Wildman–Crippen LogP) is 3.22. The average Bonchev–Trinajstić information content (AvgIpc) is 2.73. The van der Waals surface area contributed by atoms with E-state index in [0.717, 1.165) is 11.3 Å². The highest BCUT2D eigenvalue weighted by Crippen LogP contribution is 2.15. The maximum atomic E-state index is 12.3. The molecule has 0 aliphatic rings. The van der Waals surface area contributed by atoms with Gasteiger partial charge in [-0.2, -0.15) is 5.26 Å². The Morgan fingerprint density at radius 3 is 2.52 bits per heavy atom. The van der Waals surface area contributed by atoms with Crippen LogP contribution in [0.15, 0.2) is 60.7 Å². The van der Waals surface area contributed by atoms with E-state index in [2.05, 4.69) is 20.8 Å². The molecule has 0 saturated carbocycles. The number of hydrogen-bond donors (Lipinski definition) is 2. The molecule has 0 unspecified atom stereocenters. The largest absolute Gasteiger partial charge is 0.497 e. The number of ether oxygens (including phenoxy) is 1. The minimum absolute atomic E-state index is 0.165. The number of carbonyl (C=O) groups excluding carboxylic acids is 1. The van der Waals surface area contributed by atoms with E-state index < -0.39 is 5.91 Å². The van der Waals surface area contributed by atoms with Gasteiger partial charge in [0.1, 0.15) is 17.6 Å². The highest BCUT2D eigenvalue weighted by molar-refractivity contribution is 6.03. The third-order valence-corrected chi connectivity index (χ3v) is 3.83. The third kappa shape index (κ3) is 4.58. The molecule has 0 radical (unpaired) electrons. The molecule has 0 aliphatic carbocycles. The molecular formula is C20H17N5O2. The lowest BCUT2D eigenvalue weighted by Crippen LogP contribution is -2.15. The number of amides is 1. The molecule has 27 heavy (non-hydrogen) atoms. The van der Waals surface area contributed by atoms with E-state index in [1.807, 2.05) is 30.3 Å². The van der Waals surface area contributed by atoms with E-state index >= 15 is 0 Å². The lowest BCUT2D eigenvalue weighted by molar-refractivity contribution is 0.102. The summed E-state index contributed by atoms with van der Waals surface area (Å²) >= 11 is 0. The van der Waals surface area contributed by atoms with Crippen molar-refractivity contribution < 1.29 is 9.53 Å². The van der Waals surface area contributed by atoms with E-state index in [9.17, 15) is 4.79 Å². The first-order chi connectivity index (χ1) is 13.2. The summed E-state index contributed by atoms with van der Waals surface area (Å²) in [6, 6.07) is 19.7. The predicted molar refractivity (Wildman–Crippen MR) is 101 cm³/mol. The van der Waals surface area contributed by atoms with Gasteiger partial charge in [-0.25, -0.2) is 0 Å². The number of nitrogens with zero attached hydrogens (tertiary/aromatic N) is 3. The Labute approximate surface area is 156 Å². The van der Waals surface area contributed by atoms with Crippen LogP contribution in [0.4, 0.5) is 11.5 Å². The van der Waals surface area contributed by atoms with E-state index in [4.69, 9.17) is 10.00 Å². The fourth-order valence-electron chi connectivity index (χ4n) is 2.36. The van der Waals surface area contributed by atoms with Crippen molar-refractivity contribution in [1.29, 1.82) is 5.26 Å². The van der Waals surface area contributed by atoms with Gasteiger partial charge in [-0.05, 0) is 42.0 Å². The number of carbonyl (C=O) groups is 1. The molecule has 3 aromatic rings. The lowest BCUT2D eigenvalue weighted by Gasteiger charge is -2.08. The summed E-state index contributed by atoms with van der Waals surface area (Å²) in [5.41, 5.74) is 2.05. The van der Waals surface area contributed by atoms with Gasteiger partial charge in [0.05, 0.1) is 18.4 Å². The van der Waals surface area contributed by atoms with Gasteiger partial charge in [0, 0.05) is 6.54 Å². The maximum Gasteiger partial charge on any atom is 0.276 e. The van der Waals surface area contributed by atoms with Crippen LogP contribution in [0.5, 0.6) is 5.75 Å². The zero-order valence-corrected chi connectivity index (χ0v) is 14.6. The highest BCUT2D eigenvalue weighted by atomic mass is 16.5. The summed E-state index contributed by atoms with van der Waals surface area (Å²) < 4.78 is 5.13. The molecule has 0 saturated heterocycles. The van der Waals surface area contributed by atoms with Crippen molar-refractivity contribution in [2.24, 2.45) is 0 Å². The van der Waals surface area contributed by atoms with Gasteiger partial charge in [-0.1, -0.05) is 24.3 Å². The Morgan fingerprint density at radius 1 is 1.07 bits per heavy atom. The first-order valence-corrected chi connectivity index (χ1v) is 8.20. The van der Waals surface area contributed by atoms with Crippen molar-refractivity contribution in [3.63, 3.8) is 0 Å². The molecule has 2 N–H and O–H groups in total. The SMILES string of the molecule is COc1ccc(CNc2ccc(C(=O)Nc3ccccc3C#N)nn2)cc1. The Bertz CT molecular complexity index is 963. The van der Waals surface area contributed by atoms with Crippen LogP contribution in [0.3, 0.4) is 0 Å². The second-order valence-electron chi connectivity index (χ2n) is 5.62. The topological polar surface area (TPSA) is 99.9 Å². The summed E-state index contributed by atoms with van der Waals surface area (Å²) in [5.74, 6) is 0.929. The molecule has 1 heterocycles. The summed E-state index contributed by atoms with van der Waals surface area (Å²) in [4.78, 5) is 12.3. The Balaban J connectivity index is 1.60. The van der Waals surface area contributed by atoms with Gasteiger partial charge < -0.3 is 15.4 Å². The van der Waals surface area contributed by atoms with Crippen LogP contribution < -0.4 is 15.4 Å².